The SMILES string of the molecule is C=CCCC=C1N=C(c2ccccc2)[C@H](C(C)C)OC1=O. The molecule has 21 heavy (non-hydrogen) atoms. The van der Waals surface area contributed by atoms with E-state index in [1.165, 1.54) is 0 Å². The first kappa shape index (κ1) is 15.2. The standard InChI is InChI=1S/C18H21NO2/c1-4-5-7-12-15-18(20)21-17(13(2)3)16(19-15)14-10-8-6-9-11-14/h4,6,8-13,17H,1,5,7H2,2-3H3/t17-/m0/s1. The van der Waals surface area contributed by atoms with Gasteiger partial charge in [-0.3, -0.25) is 0 Å². The fraction of sp³-hybridized carbons (Fsp3) is 0.333. The number of unbranched alkanes of at least 4 members (excludes halogenated alkanes) is 1. The molecule has 2 rings (SSSR count). The van der Waals surface area contributed by atoms with Crippen molar-refractivity contribution in [3.63, 3.8) is 0 Å². The first-order valence-electron chi connectivity index (χ1n) is 7.29. The maximum Gasteiger partial charge on any atom is 0.357 e. The monoisotopic (exact) mass is 283 g/mol. The molecular weight excluding hydrogens is 262 g/mol. The number of benzene rings is 1. The predicted octanol–water partition coefficient (Wildman–Crippen LogP) is 3.91. The summed E-state index contributed by atoms with van der Waals surface area (Å²) in [4.78, 5) is 16.6. The molecule has 110 valence electrons. The van der Waals surface area contributed by atoms with E-state index in [0.717, 1.165) is 24.1 Å². The van der Waals surface area contributed by atoms with E-state index in [4.69, 9.17) is 4.74 Å². The molecule has 1 aromatic rings. The molecule has 0 fully saturated rings. The molecule has 0 aliphatic carbocycles. The van der Waals surface area contributed by atoms with Gasteiger partial charge in [-0.1, -0.05) is 56.3 Å². The molecule has 3 nitrogen and oxygen atoms in total. The van der Waals surface area contributed by atoms with E-state index in [-0.39, 0.29) is 18.0 Å². The Morgan fingerprint density at radius 2 is 2.00 bits per heavy atom. The van der Waals surface area contributed by atoms with Gasteiger partial charge < -0.3 is 4.74 Å². The van der Waals surface area contributed by atoms with E-state index in [0.29, 0.717) is 5.70 Å². The first-order valence-corrected chi connectivity index (χ1v) is 7.29. The third-order valence-corrected chi connectivity index (χ3v) is 3.34. The lowest BCUT2D eigenvalue weighted by atomic mass is 9.95. The lowest BCUT2D eigenvalue weighted by Gasteiger charge is -2.27. The second-order valence-electron chi connectivity index (χ2n) is 5.39. The number of allylic oxidation sites excluding steroid dienone is 2. The lowest BCUT2D eigenvalue weighted by molar-refractivity contribution is -0.143. The minimum Gasteiger partial charge on any atom is -0.451 e. The van der Waals surface area contributed by atoms with Gasteiger partial charge in [-0.05, 0) is 24.3 Å². The minimum atomic E-state index is -0.336. The van der Waals surface area contributed by atoms with Crippen LogP contribution in [0, 0.1) is 5.92 Å². The zero-order valence-electron chi connectivity index (χ0n) is 12.6. The van der Waals surface area contributed by atoms with Crippen LogP contribution in [0.3, 0.4) is 0 Å². The van der Waals surface area contributed by atoms with Crippen molar-refractivity contribution >= 4 is 11.7 Å². The van der Waals surface area contributed by atoms with Crippen molar-refractivity contribution in [1.29, 1.82) is 0 Å². The number of esters is 1. The Kier molecular flexibility index (Phi) is 5.09. The van der Waals surface area contributed by atoms with Gasteiger partial charge in [0.1, 0.15) is 11.8 Å². The fourth-order valence-electron chi connectivity index (χ4n) is 2.23. The molecule has 1 heterocycles. The van der Waals surface area contributed by atoms with Gasteiger partial charge in [0.25, 0.3) is 0 Å². The summed E-state index contributed by atoms with van der Waals surface area (Å²) in [5, 5.41) is 0. The molecular formula is C18H21NO2. The van der Waals surface area contributed by atoms with Crippen LogP contribution in [-0.2, 0) is 9.53 Å². The number of aliphatic imine (C=N–C) groups is 1. The maximum absolute atomic E-state index is 12.1. The maximum atomic E-state index is 12.1. The smallest absolute Gasteiger partial charge is 0.357 e. The van der Waals surface area contributed by atoms with Crippen molar-refractivity contribution in [3.8, 4) is 0 Å². The Morgan fingerprint density at radius 3 is 2.62 bits per heavy atom. The fourth-order valence-corrected chi connectivity index (χ4v) is 2.23. The van der Waals surface area contributed by atoms with E-state index < -0.39 is 0 Å². The number of carbonyl (C=O) groups is 1. The highest BCUT2D eigenvalue weighted by atomic mass is 16.5. The molecule has 0 amide bonds. The highest BCUT2D eigenvalue weighted by molar-refractivity contribution is 6.10. The van der Waals surface area contributed by atoms with Crippen LogP contribution in [0.5, 0.6) is 0 Å². The number of hydrogen-bond acceptors (Lipinski definition) is 3. The molecule has 0 spiro atoms. The summed E-state index contributed by atoms with van der Waals surface area (Å²) in [5.41, 5.74) is 2.22. The van der Waals surface area contributed by atoms with E-state index in [2.05, 4.69) is 11.6 Å². The Labute approximate surface area is 126 Å². The van der Waals surface area contributed by atoms with Crippen LogP contribution >= 0.6 is 0 Å². The van der Waals surface area contributed by atoms with Crippen molar-refractivity contribution in [1.82, 2.24) is 0 Å². The second kappa shape index (κ2) is 7.02. The number of rotatable bonds is 5. The van der Waals surface area contributed by atoms with Crippen molar-refractivity contribution in [2.75, 3.05) is 0 Å². The van der Waals surface area contributed by atoms with Crippen LogP contribution in [0.15, 0.2) is 59.8 Å². The summed E-state index contributed by atoms with van der Waals surface area (Å²) < 4.78 is 5.59. The lowest BCUT2D eigenvalue weighted by Crippen LogP contribution is -2.37. The number of hydrogen-bond donors (Lipinski definition) is 0. The zero-order valence-corrected chi connectivity index (χ0v) is 12.6. The van der Waals surface area contributed by atoms with Crippen LogP contribution in [0.25, 0.3) is 0 Å². The van der Waals surface area contributed by atoms with Crippen molar-refractivity contribution in [2.45, 2.75) is 32.8 Å². The van der Waals surface area contributed by atoms with Crippen LogP contribution in [0.2, 0.25) is 0 Å². The summed E-state index contributed by atoms with van der Waals surface area (Å²) in [6.45, 7) is 7.74. The van der Waals surface area contributed by atoms with Crippen molar-refractivity contribution in [2.24, 2.45) is 10.9 Å². The summed E-state index contributed by atoms with van der Waals surface area (Å²) in [7, 11) is 0. The molecule has 0 saturated carbocycles. The topological polar surface area (TPSA) is 38.7 Å². The molecule has 1 atom stereocenters. The number of carbonyl (C=O) groups excluding carboxylic acids is 1. The highest BCUT2D eigenvalue weighted by Crippen LogP contribution is 2.23. The van der Waals surface area contributed by atoms with E-state index in [9.17, 15) is 4.79 Å². The van der Waals surface area contributed by atoms with Gasteiger partial charge in [0.15, 0.2) is 0 Å². The molecule has 0 saturated heterocycles. The van der Waals surface area contributed by atoms with Crippen LogP contribution < -0.4 is 0 Å². The molecule has 1 aromatic carbocycles. The normalized spacial score (nSPS) is 20.3. The zero-order chi connectivity index (χ0) is 15.2. The minimum absolute atomic E-state index is 0.183. The van der Waals surface area contributed by atoms with Crippen molar-refractivity contribution in [3.05, 3.63) is 60.3 Å². The van der Waals surface area contributed by atoms with E-state index in [1.807, 2.05) is 56.3 Å². The summed E-state index contributed by atoms with van der Waals surface area (Å²) in [6, 6.07) is 9.88. The Balaban J connectivity index is 2.38. The van der Waals surface area contributed by atoms with Gasteiger partial charge in [-0.25, -0.2) is 9.79 Å². The molecule has 0 aromatic heterocycles. The number of cyclic esters (lactones) is 1. The van der Waals surface area contributed by atoms with Crippen molar-refractivity contribution < 1.29 is 9.53 Å². The van der Waals surface area contributed by atoms with E-state index in [1.54, 1.807) is 0 Å². The third-order valence-electron chi connectivity index (χ3n) is 3.34. The number of nitrogens with zero attached hydrogens (tertiary/aromatic N) is 1. The summed E-state index contributed by atoms with van der Waals surface area (Å²) in [6.07, 6.45) is 4.91. The molecule has 0 bridgehead atoms. The van der Waals surface area contributed by atoms with Gasteiger partial charge in [0.2, 0.25) is 0 Å². The predicted molar refractivity (Wildman–Crippen MR) is 85.2 cm³/mol. The Bertz CT molecular complexity index is 570. The van der Waals surface area contributed by atoms with Crippen LogP contribution in [-0.4, -0.2) is 17.8 Å². The van der Waals surface area contributed by atoms with Gasteiger partial charge >= 0.3 is 5.97 Å². The molecule has 0 N–H and O–H groups in total. The first-order chi connectivity index (χ1) is 10.1. The molecule has 1 aliphatic rings. The quantitative estimate of drug-likeness (QED) is 0.356. The highest BCUT2D eigenvalue weighted by Gasteiger charge is 2.31. The van der Waals surface area contributed by atoms with E-state index >= 15 is 0 Å². The molecule has 1 aliphatic heterocycles. The Morgan fingerprint density at radius 1 is 1.29 bits per heavy atom. The molecule has 3 heteroatoms. The van der Waals surface area contributed by atoms with Gasteiger partial charge in [0.05, 0.1) is 5.71 Å². The molecule has 0 unspecified atom stereocenters. The van der Waals surface area contributed by atoms with Gasteiger partial charge in [0, 0.05) is 0 Å². The second-order valence-corrected chi connectivity index (χ2v) is 5.39. The Hall–Kier alpha value is -2.16. The van der Waals surface area contributed by atoms with Crippen LogP contribution in [0.4, 0.5) is 0 Å². The summed E-state index contributed by atoms with van der Waals surface area (Å²) >= 11 is 0. The van der Waals surface area contributed by atoms with Crippen LogP contribution in [0.1, 0.15) is 32.3 Å². The van der Waals surface area contributed by atoms with Gasteiger partial charge in [-0.15, -0.1) is 6.58 Å². The summed E-state index contributed by atoms with van der Waals surface area (Å²) in [5.74, 6) is -0.153. The largest absolute Gasteiger partial charge is 0.451 e. The van der Waals surface area contributed by atoms with Gasteiger partial charge in [-0.2, -0.15) is 0 Å². The average molecular weight is 283 g/mol. The number of ether oxygens (including phenoxy) is 1. The third kappa shape index (κ3) is 3.69. The molecule has 0 radical (unpaired) electrons. The average Bonchev–Trinajstić information content (AvgIpc) is 2.49.